The number of rotatable bonds is 6. The van der Waals surface area contributed by atoms with Crippen molar-refractivity contribution < 1.29 is 9.53 Å². The molecule has 0 spiro atoms. The van der Waals surface area contributed by atoms with E-state index in [2.05, 4.69) is 15.4 Å². The quantitative estimate of drug-likeness (QED) is 0.523. The third-order valence-corrected chi connectivity index (χ3v) is 4.89. The zero-order chi connectivity index (χ0) is 21.8. The predicted octanol–water partition coefficient (Wildman–Crippen LogP) is 3.05. The van der Waals surface area contributed by atoms with Gasteiger partial charge in [-0.1, -0.05) is 18.2 Å². The highest BCUT2D eigenvalue weighted by atomic mass is 16.5. The van der Waals surface area contributed by atoms with Crippen LogP contribution in [-0.2, 0) is 6.54 Å². The Bertz CT molecular complexity index is 1280. The Balaban J connectivity index is 1.66. The molecule has 1 amide bonds. The van der Waals surface area contributed by atoms with Gasteiger partial charge in [0.25, 0.3) is 11.5 Å². The molecule has 31 heavy (non-hydrogen) atoms. The number of benzene rings is 1. The number of aromatic nitrogens is 4. The van der Waals surface area contributed by atoms with Gasteiger partial charge in [0, 0.05) is 24.7 Å². The van der Waals surface area contributed by atoms with Crippen LogP contribution in [0.25, 0.3) is 5.69 Å². The van der Waals surface area contributed by atoms with Crippen molar-refractivity contribution in [3.05, 3.63) is 100 Å². The summed E-state index contributed by atoms with van der Waals surface area (Å²) in [5.41, 5.74) is 1.71. The first kappa shape index (κ1) is 20.1. The molecule has 0 saturated heterocycles. The molecule has 0 unspecified atom stereocenters. The maximum Gasteiger partial charge on any atom is 0.268 e. The fraction of sp³-hybridized carbons (Fsp3) is 0.130. The molecular weight excluding hydrogens is 394 g/mol. The van der Waals surface area contributed by atoms with E-state index in [0.717, 1.165) is 5.56 Å². The van der Waals surface area contributed by atoms with E-state index in [9.17, 15) is 9.59 Å². The first-order valence-electron chi connectivity index (χ1n) is 9.66. The van der Waals surface area contributed by atoms with Crippen LogP contribution in [0.2, 0.25) is 0 Å². The van der Waals surface area contributed by atoms with Crippen molar-refractivity contribution in [1.29, 1.82) is 0 Å². The number of methoxy groups -OCH3 is 1. The summed E-state index contributed by atoms with van der Waals surface area (Å²) in [6, 6.07) is 14.3. The largest absolute Gasteiger partial charge is 0.495 e. The maximum absolute atomic E-state index is 13.2. The number of para-hydroxylation sites is 2. The van der Waals surface area contributed by atoms with E-state index in [1.54, 1.807) is 66.7 Å². The smallest absolute Gasteiger partial charge is 0.268 e. The average Bonchev–Trinajstić information content (AvgIpc) is 3.21. The van der Waals surface area contributed by atoms with Gasteiger partial charge in [0.2, 0.25) is 0 Å². The minimum Gasteiger partial charge on any atom is -0.495 e. The minimum absolute atomic E-state index is 0.0579. The SMILES string of the molecule is COc1ccccc1-n1ccc(C)c(C(=O)Nc2ccnn2Cc2cccnc2)c1=O. The second-order valence-corrected chi connectivity index (χ2v) is 6.91. The molecule has 4 aromatic rings. The molecule has 1 N–H and O–H groups in total. The number of anilines is 1. The van der Waals surface area contributed by atoms with Crippen LogP contribution in [-0.4, -0.2) is 32.3 Å². The first-order chi connectivity index (χ1) is 15.1. The lowest BCUT2D eigenvalue weighted by Crippen LogP contribution is -2.30. The molecule has 3 heterocycles. The van der Waals surface area contributed by atoms with E-state index >= 15 is 0 Å². The van der Waals surface area contributed by atoms with Crippen molar-refractivity contribution in [3.8, 4) is 11.4 Å². The Morgan fingerprint density at radius 2 is 1.94 bits per heavy atom. The normalized spacial score (nSPS) is 10.6. The molecule has 0 fully saturated rings. The Kier molecular flexibility index (Phi) is 5.61. The topological polar surface area (TPSA) is 91.0 Å². The highest BCUT2D eigenvalue weighted by Crippen LogP contribution is 2.21. The highest BCUT2D eigenvalue weighted by molar-refractivity contribution is 6.04. The van der Waals surface area contributed by atoms with Crippen molar-refractivity contribution in [1.82, 2.24) is 19.3 Å². The van der Waals surface area contributed by atoms with Gasteiger partial charge in [-0.3, -0.25) is 19.1 Å². The van der Waals surface area contributed by atoms with Crippen LogP contribution in [0.15, 0.2) is 78.1 Å². The first-order valence-corrected chi connectivity index (χ1v) is 9.66. The summed E-state index contributed by atoms with van der Waals surface area (Å²) in [6.45, 7) is 2.17. The van der Waals surface area contributed by atoms with E-state index in [-0.39, 0.29) is 5.56 Å². The van der Waals surface area contributed by atoms with Crippen LogP contribution in [0.3, 0.4) is 0 Å². The maximum atomic E-state index is 13.2. The van der Waals surface area contributed by atoms with Gasteiger partial charge >= 0.3 is 0 Å². The summed E-state index contributed by atoms with van der Waals surface area (Å²) < 4.78 is 8.42. The Morgan fingerprint density at radius 1 is 1.10 bits per heavy atom. The fourth-order valence-electron chi connectivity index (χ4n) is 3.33. The number of nitrogens with one attached hydrogen (secondary N) is 1. The molecule has 3 aromatic heterocycles. The van der Waals surface area contributed by atoms with Crippen LogP contribution in [0, 0.1) is 6.92 Å². The number of carbonyl (C=O) groups excluding carboxylic acids is 1. The van der Waals surface area contributed by atoms with Gasteiger partial charge in [-0.2, -0.15) is 5.10 Å². The zero-order valence-corrected chi connectivity index (χ0v) is 17.1. The molecule has 8 nitrogen and oxygen atoms in total. The third-order valence-electron chi connectivity index (χ3n) is 4.89. The molecule has 0 radical (unpaired) electrons. The predicted molar refractivity (Wildman–Crippen MR) is 117 cm³/mol. The van der Waals surface area contributed by atoms with Crippen LogP contribution >= 0.6 is 0 Å². The Labute approximate surface area is 178 Å². The van der Waals surface area contributed by atoms with Gasteiger partial charge in [0.1, 0.15) is 17.1 Å². The van der Waals surface area contributed by atoms with E-state index < -0.39 is 11.5 Å². The Morgan fingerprint density at radius 3 is 2.71 bits per heavy atom. The molecule has 1 aromatic carbocycles. The molecule has 0 aliphatic carbocycles. The second kappa shape index (κ2) is 8.66. The Hall–Kier alpha value is -4.20. The number of pyridine rings is 2. The lowest BCUT2D eigenvalue weighted by atomic mass is 10.1. The minimum atomic E-state index is -0.500. The number of ether oxygens (including phenoxy) is 1. The van der Waals surface area contributed by atoms with Crippen LogP contribution in [0.1, 0.15) is 21.5 Å². The third kappa shape index (κ3) is 4.09. The van der Waals surface area contributed by atoms with E-state index in [4.69, 9.17) is 4.74 Å². The molecule has 0 aliphatic rings. The van der Waals surface area contributed by atoms with Gasteiger partial charge in [-0.05, 0) is 42.3 Å². The van der Waals surface area contributed by atoms with Crippen molar-refractivity contribution in [2.24, 2.45) is 0 Å². The zero-order valence-electron chi connectivity index (χ0n) is 17.1. The fourth-order valence-corrected chi connectivity index (χ4v) is 3.33. The van der Waals surface area contributed by atoms with Gasteiger partial charge < -0.3 is 10.1 Å². The summed E-state index contributed by atoms with van der Waals surface area (Å²) in [6.07, 6.45) is 6.66. The monoisotopic (exact) mass is 415 g/mol. The number of carbonyl (C=O) groups is 1. The van der Waals surface area contributed by atoms with Crippen LogP contribution in [0.4, 0.5) is 5.82 Å². The molecule has 4 rings (SSSR count). The summed E-state index contributed by atoms with van der Waals surface area (Å²) in [5.74, 6) is 0.523. The standard InChI is InChI=1S/C23H21N5O3/c1-16-10-13-27(18-7-3-4-8-19(18)31-2)23(30)21(16)22(29)26-20-9-12-25-28(20)15-17-6-5-11-24-14-17/h3-14H,15H2,1-2H3,(H,26,29). The van der Waals surface area contributed by atoms with Crippen molar-refractivity contribution >= 4 is 11.7 Å². The summed E-state index contributed by atoms with van der Waals surface area (Å²) in [4.78, 5) is 30.4. The van der Waals surface area contributed by atoms with Crippen molar-refractivity contribution in [2.75, 3.05) is 12.4 Å². The van der Waals surface area contributed by atoms with E-state index in [0.29, 0.717) is 29.4 Å². The van der Waals surface area contributed by atoms with Gasteiger partial charge in [-0.15, -0.1) is 0 Å². The number of hydrogen-bond acceptors (Lipinski definition) is 5. The second-order valence-electron chi connectivity index (χ2n) is 6.91. The number of hydrogen-bond donors (Lipinski definition) is 1. The molecule has 156 valence electrons. The molecule has 0 saturated carbocycles. The van der Waals surface area contributed by atoms with E-state index in [1.807, 2.05) is 18.2 Å². The highest BCUT2D eigenvalue weighted by Gasteiger charge is 2.19. The molecular formula is C23H21N5O3. The van der Waals surface area contributed by atoms with Gasteiger partial charge in [0.15, 0.2) is 0 Å². The van der Waals surface area contributed by atoms with Crippen molar-refractivity contribution in [3.63, 3.8) is 0 Å². The summed E-state index contributed by atoms with van der Waals surface area (Å²) in [5, 5.41) is 7.08. The van der Waals surface area contributed by atoms with Gasteiger partial charge in [-0.25, -0.2) is 4.68 Å². The number of amides is 1. The molecule has 0 atom stereocenters. The lowest BCUT2D eigenvalue weighted by molar-refractivity contribution is 0.102. The van der Waals surface area contributed by atoms with Crippen LogP contribution < -0.4 is 15.6 Å². The number of nitrogens with zero attached hydrogens (tertiary/aromatic N) is 4. The van der Waals surface area contributed by atoms with E-state index in [1.165, 1.54) is 11.7 Å². The van der Waals surface area contributed by atoms with Crippen molar-refractivity contribution in [2.45, 2.75) is 13.5 Å². The number of aryl methyl sites for hydroxylation is 1. The summed E-state index contributed by atoms with van der Waals surface area (Å²) >= 11 is 0. The van der Waals surface area contributed by atoms with Gasteiger partial charge in [0.05, 0.1) is 25.5 Å². The van der Waals surface area contributed by atoms with Crippen LogP contribution in [0.5, 0.6) is 5.75 Å². The lowest BCUT2D eigenvalue weighted by Gasteiger charge is -2.14. The molecule has 0 bridgehead atoms. The average molecular weight is 415 g/mol. The molecule has 8 heteroatoms. The molecule has 0 aliphatic heterocycles. The summed E-state index contributed by atoms with van der Waals surface area (Å²) in [7, 11) is 1.54.